The Morgan fingerprint density at radius 3 is 2.61 bits per heavy atom. The number of nitrogens with two attached hydrogens (primary N) is 1. The van der Waals surface area contributed by atoms with Crippen LogP contribution in [0, 0.1) is 0 Å². The molecule has 10 nitrogen and oxygen atoms in total. The summed E-state index contributed by atoms with van der Waals surface area (Å²) in [5.74, 6) is 0.146. The van der Waals surface area contributed by atoms with Crippen LogP contribution < -0.4 is 20.1 Å². The molecule has 0 aliphatic carbocycles. The Bertz CT molecular complexity index is 1390. The maximum atomic E-state index is 13.2. The second kappa shape index (κ2) is 9.49. The number of ether oxygens (including phenoxy) is 2. The number of para-hydroxylation sites is 1. The fourth-order valence-corrected chi connectivity index (χ4v) is 4.21. The van der Waals surface area contributed by atoms with E-state index in [2.05, 4.69) is 9.97 Å². The van der Waals surface area contributed by atoms with E-state index in [9.17, 15) is 14.4 Å². The van der Waals surface area contributed by atoms with Crippen LogP contribution in [0.25, 0.3) is 6.08 Å². The smallest absolute Gasteiger partial charge is 0.253 e. The summed E-state index contributed by atoms with van der Waals surface area (Å²) in [6.45, 7) is 2.20. The minimum Gasteiger partial charge on any atom is -0.481 e. The number of anilines is 1. The molecule has 2 aromatic carbocycles. The van der Waals surface area contributed by atoms with Gasteiger partial charge in [-0.05, 0) is 35.9 Å². The standard InChI is InChI=1S/C26H23N5O5/c1-35-21-8-9-28-26(29-21)31-12-10-30(11-13-31)25(34)17-5-2-4-16(14-17)15-20-22(32)18-6-3-7-19(24(27)33)23(18)36-20/h2-9,14-15H,10-13H2,1H3,(H2,27,33)/b20-15-. The lowest BCUT2D eigenvalue weighted by molar-refractivity contribution is 0.0745. The second-order valence-electron chi connectivity index (χ2n) is 8.29. The van der Waals surface area contributed by atoms with Gasteiger partial charge in [-0.15, -0.1) is 0 Å². The number of benzene rings is 2. The molecule has 5 rings (SSSR count). The number of allylic oxidation sites excluding steroid dienone is 1. The third-order valence-corrected chi connectivity index (χ3v) is 6.07. The van der Waals surface area contributed by atoms with Gasteiger partial charge >= 0.3 is 0 Å². The number of hydrogen-bond acceptors (Lipinski definition) is 8. The van der Waals surface area contributed by atoms with E-state index >= 15 is 0 Å². The molecule has 0 atom stereocenters. The summed E-state index contributed by atoms with van der Waals surface area (Å²) in [5, 5.41) is 0. The van der Waals surface area contributed by atoms with Gasteiger partial charge < -0.3 is 25.0 Å². The van der Waals surface area contributed by atoms with E-state index in [1.807, 2.05) is 4.90 Å². The number of fused-ring (bicyclic) bond motifs is 1. The van der Waals surface area contributed by atoms with Crippen LogP contribution in [0.5, 0.6) is 11.6 Å². The zero-order chi connectivity index (χ0) is 25.2. The second-order valence-corrected chi connectivity index (χ2v) is 8.29. The molecule has 1 saturated heterocycles. The molecule has 2 aliphatic rings. The van der Waals surface area contributed by atoms with Crippen molar-refractivity contribution >= 4 is 29.6 Å². The number of carbonyl (C=O) groups excluding carboxylic acids is 3. The Morgan fingerprint density at radius 2 is 1.86 bits per heavy atom. The van der Waals surface area contributed by atoms with Crippen LogP contribution in [0.15, 0.2) is 60.5 Å². The van der Waals surface area contributed by atoms with Gasteiger partial charge in [-0.25, -0.2) is 4.98 Å². The van der Waals surface area contributed by atoms with Crippen LogP contribution in [-0.2, 0) is 0 Å². The van der Waals surface area contributed by atoms with E-state index in [1.165, 1.54) is 6.07 Å². The van der Waals surface area contributed by atoms with E-state index < -0.39 is 5.91 Å². The minimum absolute atomic E-state index is 0.0650. The number of Topliss-reactive ketones (excluding diaryl/α,β-unsaturated/α-hetero) is 1. The van der Waals surface area contributed by atoms with Crippen molar-refractivity contribution in [2.24, 2.45) is 5.73 Å². The zero-order valence-electron chi connectivity index (χ0n) is 19.5. The Morgan fingerprint density at radius 1 is 1.08 bits per heavy atom. The summed E-state index contributed by atoms with van der Waals surface area (Å²) in [5.41, 5.74) is 6.95. The molecule has 0 bridgehead atoms. The van der Waals surface area contributed by atoms with Crippen molar-refractivity contribution in [2.75, 3.05) is 38.2 Å². The van der Waals surface area contributed by atoms with Crippen molar-refractivity contribution in [3.05, 3.63) is 82.7 Å². The predicted molar refractivity (Wildman–Crippen MR) is 131 cm³/mol. The van der Waals surface area contributed by atoms with Gasteiger partial charge in [-0.1, -0.05) is 18.2 Å². The molecule has 2 amide bonds. The molecule has 1 aromatic heterocycles. The van der Waals surface area contributed by atoms with Crippen LogP contribution in [0.1, 0.15) is 36.6 Å². The van der Waals surface area contributed by atoms with Gasteiger partial charge in [0.15, 0.2) is 11.5 Å². The van der Waals surface area contributed by atoms with E-state index in [4.69, 9.17) is 15.2 Å². The molecule has 1 fully saturated rings. The number of amides is 2. The van der Waals surface area contributed by atoms with Gasteiger partial charge in [0.1, 0.15) is 0 Å². The predicted octanol–water partition coefficient (Wildman–Crippen LogP) is 2.16. The van der Waals surface area contributed by atoms with Gasteiger partial charge in [0.2, 0.25) is 17.6 Å². The van der Waals surface area contributed by atoms with Crippen LogP contribution in [-0.4, -0.2) is 65.8 Å². The summed E-state index contributed by atoms with van der Waals surface area (Å²) in [4.78, 5) is 50.1. The quantitative estimate of drug-likeness (QED) is 0.545. The third kappa shape index (κ3) is 4.36. The fourth-order valence-electron chi connectivity index (χ4n) is 4.21. The van der Waals surface area contributed by atoms with Crippen molar-refractivity contribution in [1.82, 2.24) is 14.9 Å². The molecule has 3 heterocycles. The summed E-state index contributed by atoms with van der Waals surface area (Å²) >= 11 is 0. The Hall–Kier alpha value is -4.73. The van der Waals surface area contributed by atoms with Gasteiger partial charge in [0, 0.05) is 44.0 Å². The number of aromatic nitrogens is 2. The van der Waals surface area contributed by atoms with Crippen molar-refractivity contribution in [2.45, 2.75) is 0 Å². The first kappa shape index (κ1) is 23.0. The van der Waals surface area contributed by atoms with Crippen molar-refractivity contribution in [3.63, 3.8) is 0 Å². The van der Waals surface area contributed by atoms with Gasteiger partial charge in [0.05, 0.1) is 18.2 Å². The zero-order valence-corrected chi connectivity index (χ0v) is 19.5. The highest BCUT2D eigenvalue weighted by Crippen LogP contribution is 2.35. The van der Waals surface area contributed by atoms with Crippen molar-refractivity contribution < 1.29 is 23.9 Å². The first-order valence-corrected chi connectivity index (χ1v) is 11.3. The molecule has 2 aliphatic heterocycles. The van der Waals surface area contributed by atoms with Crippen LogP contribution in [0.3, 0.4) is 0 Å². The lowest BCUT2D eigenvalue weighted by Gasteiger charge is -2.34. The monoisotopic (exact) mass is 485 g/mol. The molecule has 0 saturated carbocycles. The Labute approximate surface area is 207 Å². The van der Waals surface area contributed by atoms with E-state index in [0.717, 1.165) is 0 Å². The maximum absolute atomic E-state index is 13.2. The lowest BCUT2D eigenvalue weighted by Crippen LogP contribution is -2.49. The first-order valence-electron chi connectivity index (χ1n) is 11.3. The Balaban J connectivity index is 1.29. The fraction of sp³-hybridized carbons (Fsp3) is 0.192. The molecular formula is C26H23N5O5. The van der Waals surface area contributed by atoms with Gasteiger partial charge in [0.25, 0.3) is 11.8 Å². The summed E-state index contributed by atoms with van der Waals surface area (Å²) in [6, 6.07) is 13.3. The topological polar surface area (TPSA) is 128 Å². The molecule has 0 unspecified atom stereocenters. The van der Waals surface area contributed by atoms with E-state index in [-0.39, 0.29) is 34.3 Å². The highest BCUT2D eigenvalue weighted by Gasteiger charge is 2.31. The number of primary amides is 1. The van der Waals surface area contributed by atoms with Crippen LogP contribution >= 0.6 is 0 Å². The summed E-state index contributed by atoms with van der Waals surface area (Å²) in [7, 11) is 1.55. The van der Waals surface area contributed by atoms with Crippen LogP contribution in [0.2, 0.25) is 0 Å². The number of carbonyl (C=O) groups is 3. The number of piperazine rings is 1. The molecule has 2 N–H and O–H groups in total. The molecule has 182 valence electrons. The SMILES string of the molecule is COc1ccnc(N2CCN(C(=O)c3cccc(/C=C4\Oc5c(C(N)=O)cccc5C4=O)c3)CC2)n1. The number of methoxy groups -OCH3 is 1. The van der Waals surface area contributed by atoms with Crippen molar-refractivity contribution in [3.8, 4) is 11.6 Å². The summed E-state index contributed by atoms with van der Waals surface area (Å²) in [6.07, 6.45) is 3.20. The minimum atomic E-state index is -0.674. The Kier molecular flexibility index (Phi) is 6.07. The number of nitrogens with zero attached hydrogens (tertiary/aromatic N) is 4. The third-order valence-electron chi connectivity index (χ3n) is 6.07. The average Bonchev–Trinajstić information content (AvgIpc) is 3.23. The molecule has 10 heteroatoms. The van der Waals surface area contributed by atoms with Crippen molar-refractivity contribution in [1.29, 1.82) is 0 Å². The highest BCUT2D eigenvalue weighted by molar-refractivity contribution is 6.16. The van der Waals surface area contributed by atoms with Gasteiger partial charge in [-0.3, -0.25) is 14.4 Å². The first-order chi connectivity index (χ1) is 17.4. The van der Waals surface area contributed by atoms with Gasteiger partial charge in [-0.2, -0.15) is 4.98 Å². The lowest BCUT2D eigenvalue weighted by atomic mass is 10.0. The van der Waals surface area contributed by atoms with E-state index in [1.54, 1.807) is 66.7 Å². The molecule has 3 aromatic rings. The average molecular weight is 486 g/mol. The molecule has 0 spiro atoms. The number of hydrogen-bond donors (Lipinski definition) is 1. The van der Waals surface area contributed by atoms with Crippen LogP contribution in [0.4, 0.5) is 5.95 Å². The maximum Gasteiger partial charge on any atom is 0.253 e. The van der Waals surface area contributed by atoms with E-state index in [0.29, 0.717) is 49.1 Å². The molecular weight excluding hydrogens is 462 g/mol. The molecule has 36 heavy (non-hydrogen) atoms. The normalized spacial score (nSPS) is 16.0. The highest BCUT2D eigenvalue weighted by atomic mass is 16.5. The largest absolute Gasteiger partial charge is 0.481 e. The number of rotatable bonds is 5. The number of ketones is 1. The molecule has 0 radical (unpaired) electrons. The summed E-state index contributed by atoms with van der Waals surface area (Å²) < 4.78 is 10.9.